The second kappa shape index (κ2) is 15.9. The average molecular weight is 402 g/mol. The Morgan fingerprint density at radius 1 is 0.655 bits per heavy atom. The van der Waals surface area contributed by atoms with Gasteiger partial charge < -0.3 is 5.73 Å². The van der Waals surface area contributed by atoms with Crippen molar-refractivity contribution in [2.45, 2.75) is 142 Å². The molecule has 0 amide bonds. The Morgan fingerprint density at radius 3 is 1.48 bits per heavy atom. The van der Waals surface area contributed by atoms with E-state index in [1.165, 1.54) is 126 Å². The van der Waals surface area contributed by atoms with Gasteiger partial charge in [-0.1, -0.05) is 121 Å². The van der Waals surface area contributed by atoms with Gasteiger partial charge in [0.25, 0.3) is 0 Å². The first-order valence-corrected chi connectivity index (χ1v) is 12.8. The van der Waals surface area contributed by atoms with E-state index in [0.717, 1.165) is 0 Å². The lowest BCUT2D eigenvalue weighted by atomic mass is 9.87. The third-order valence-electron chi connectivity index (χ3n) is 6.44. The van der Waals surface area contributed by atoms with Crippen molar-refractivity contribution in [2.75, 3.05) is 0 Å². The fraction of sp³-hybridized carbons (Fsp3) is 0.786. The monoisotopic (exact) mass is 401 g/mol. The highest BCUT2D eigenvalue weighted by Gasteiger charge is 2.17. The highest BCUT2D eigenvalue weighted by molar-refractivity contribution is 5.38. The van der Waals surface area contributed by atoms with E-state index in [2.05, 4.69) is 45.9 Å². The van der Waals surface area contributed by atoms with Crippen LogP contribution in [0.2, 0.25) is 0 Å². The Balaban J connectivity index is 1.94. The first-order valence-electron chi connectivity index (χ1n) is 12.8. The maximum atomic E-state index is 6.32. The van der Waals surface area contributed by atoms with Crippen LogP contribution in [0.15, 0.2) is 18.2 Å². The molecule has 0 spiro atoms. The second-order valence-electron chi connectivity index (χ2n) is 9.86. The highest BCUT2D eigenvalue weighted by Crippen LogP contribution is 2.25. The Labute approximate surface area is 183 Å². The van der Waals surface area contributed by atoms with Crippen molar-refractivity contribution in [1.82, 2.24) is 0 Å². The van der Waals surface area contributed by atoms with Crippen molar-refractivity contribution in [3.63, 3.8) is 0 Å². The van der Waals surface area contributed by atoms with Gasteiger partial charge in [-0.2, -0.15) is 0 Å². The average Bonchev–Trinajstić information content (AvgIpc) is 2.68. The maximum Gasteiger partial charge on any atom is 0.0355 e. The molecule has 0 heterocycles. The number of benzene rings is 1. The van der Waals surface area contributed by atoms with Crippen LogP contribution in [0.25, 0.3) is 0 Å². The summed E-state index contributed by atoms with van der Waals surface area (Å²) in [4.78, 5) is 0. The van der Waals surface area contributed by atoms with Gasteiger partial charge in [0.15, 0.2) is 0 Å². The molecule has 1 rings (SSSR count). The van der Waals surface area contributed by atoms with Crippen LogP contribution in [0.4, 0.5) is 0 Å². The highest BCUT2D eigenvalue weighted by atomic mass is 14.7. The Hall–Kier alpha value is -0.820. The largest absolute Gasteiger partial charge is 0.322 e. The fourth-order valence-electron chi connectivity index (χ4n) is 4.52. The lowest BCUT2D eigenvalue weighted by Gasteiger charge is -2.23. The summed E-state index contributed by atoms with van der Waals surface area (Å²) in [5, 5.41) is 0. The quantitative estimate of drug-likeness (QED) is 0.244. The van der Waals surface area contributed by atoms with Crippen LogP contribution in [0.5, 0.6) is 0 Å². The van der Waals surface area contributed by atoms with E-state index in [-0.39, 0.29) is 5.54 Å². The molecule has 1 aromatic rings. The van der Waals surface area contributed by atoms with Gasteiger partial charge >= 0.3 is 0 Å². The van der Waals surface area contributed by atoms with Crippen LogP contribution >= 0.6 is 0 Å². The lowest BCUT2D eigenvalue weighted by Crippen LogP contribution is -2.29. The van der Waals surface area contributed by atoms with Gasteiger partial charge in [-0.05, 0) is 50.3 Å². The summed E-state index contributed by atoms with van der Waals surface area (Å²) < 4.78 is 0. The van der Waals surface area contributed by atoms with Gasteiger partial charge in [-0.25, -0.2) is 0 Å². The van der Waals surface area contributed by atoms with Crippen LogP contribution in [-0.2, 0) is 12.0 Å². The summed E-state index contributed by atoms with van der Waals surface area (Å²) in [6.45, 7) is 8.75. The summed E-state index contributed by atoms with van der Waals surface area (Å²) >= 11 is 0. The Morgan fingerprint density at radius 2 is 1.07 bits per heavy atom. The van der Waals surface area contributed by atoms with E-state index in [1.54, 1.807) is 0 Å². The Bertz CT molecular complexity index is 512. The third kappa shape index (κ3) is 12.5. The van der Waals surface area contributed by atoms with Crippen LogP contribution < -0.4 is 5.73 Å². The molecular formula is C28H51N. The molecule has 1 nitrogen and oxygen atoms in total. The van der Waals surface area contributed by atoms with Crippen molar-refractivity contribution in [1.29, 1.82) is 0 Å². The molecule has 1 heteroatoms. The molecule has 1 aromatic carbocycles. The van der Waals surface area contributed by atoms with Gasteiger partial charge in [0.05, 0.1) is 0 Å². The molecule has 0 aromatic heterocycles. The number of hydrogen-bond acceptors (Lipinski definition) is 1. The number of rotatable bonds is 18. The van der Waals surface area contributed by atoms with Gasteiger partial charge in [0, 0.05) is 5.54 Å². The standard InChI is InChI=1S/C28H51N/c1-5-6-7-8-9-10-11-12-13-14-15-16-17-18-19-20-22-26-23-21-24-27(25(26)2)28(3,4)29/h21,23-24H,5-20,22,29H2,1-4H3. The summed E-state index contributed by atoms with van der Waals surface area (Å²) in [6.07, 6.45) is 24.1. The van der Waals surface area contributed by atoms with Crippen molar-refractivity contribution >= 4 is 0 Å². The van der Waals surface area contributed by atoms with Gasteiger partial charge in [0.1, 0.15) is 0 Å². The fourth-order valence-corrected chi connectivity index (χ4v) is 4.52. The smallest absolute Gasteiger partial charge is 0.0355 e. The van der Waals surface area contributed by atoms with Crippen molar-refractivity contribution in [3.05, 3.63) is 34.9 Å². The summed E-state index contributed by atoms with van der Waals surface area (Å²) in [5.74, 6) is 0. The van der Waals surface area contributed by atoms with Crippen LogP contribution in [0.3, 0.4) is 0 Å². The van der Waals surface area contributed by atoms with Crippen molar-refractivity contribution in [2.24, 2.45) is 5.73 Å². The number of hydrogen-bond donors (Lipinski definition) is 1. The minimum Gasteiger partial charge on any atom is -0.322 e. The molecule has 0 unspecified atom stereocenters. The van der Waals surface area contributed by atoms with E-state index in [4.69, 9.17) is 5.73 Å². The molecule has 0 saturated carbocycles. The molecule has 0 radical (unpaired) electrons. The molecular weight excluding hydrogens is 350 g/mol. The zero-order chi connectivity index (χ0) is 21.4. The van der Waals surface area contributed by atoms with Crippen molar-refractivity contribution in [3.8, 4) is 0 Å². The number of nitrogens with two attached hydrogens (primary N) is 1. The molecule has 29 heavy (non-hydrogen) atoms. The minimum absolute atomic E-state index is 0.241. The third-order valence-corrected chi connectivity index (χ3v) is 6.44. The van der Waals surface area contributed by atoms with Crippen LogP contribution in [0.1, 0.15) is 140 Å². The molecule has 2 N–H and O–H groups in total. The molecule has 0 saturated heterocycles. The molecule has 0 aliphatic rings. The lowest BCUT2D eigenvalue weighted by molar-refractivity contribution is 0.529. The minimum atomic E-state index is -0.241. The molecule has 0 aliphatic carbocycles. The van der Waals surface area contributed by atoms with Gasteiger partial charge in [0.2, 0.25) is 0 Å². The molecule has 0 bridgehead atoms. The predicted molar refractivity (Wildman–Crippen MR) is 132 cm³/mol. The zero-order valence-corrected chi connectivity index (χ0v) is 20.3. The topological polar surface area (TPSA) is 26.0 Å². The second-order valence-corrected chi connectivity index (χ2v) is 9.86. The van der Waals surface area contributed by atoms with Crippen molar-refractivity contribution < 1.29 is 0 Å². The SMILES string of the molecule is CCCCCCCCCCCCCCCCCCc1cccc(C(C)(C)N)c1C. The molecule has 168 valence electrons. The van der Waals surface area contributed by atoms with E-state index in [9.17, 15) is 0 Å². The number of aryl methyl sites for hydroxylation is 1. The summed E-state index contributed by atoms with van der Waals surface area (Å²) in [6, 6.07) is 6.65. The molecule has 0 fully saturated rings. The first kappa shape index (κ1) is 26.2. The molecule has 0 atom stereocenters. The molecule has 0 aliphatic heterocycles. The van der Waals surface area contributed by atoms with E-state index in [0.29, 0.717) is 0 Å². The van der Waals surface area contributed by atoms with E-state index in [1.807, 2.05) is 0 Å². The van der Waals surface area contributed by atoms with E-state index < -0.39 is 0 Å². The van der Waals surface area contributed by atoms with Crippen LogP contribution in [-0.4, -0.2) is 0 Å². The van der Waals surface area contributed by atoms with Gasteiger partial charge in [-0.3, -0.25) is 0 Å². The number of unbranched alkanes of at least 4 members (excludes halogenated alkanes) is 15. The summed E-state index contributed by atoms with van der Waals surface area (Å²) in [7, 11) is 0. The van der Waals surface area contributed by atoms with Gasteiger partial charge in [-0.15, -0.1) is 0 Å². The van der Waals surface area contributed by atoms with Crippen LogP contribution in [0, 0.1) is 6.92 Å². The predicted octanol–water partition coefficient (Wildman–Crippen LogP) is 8.99. The Kier molecular flexibility index (Phi) is 14.4. The zero-order valence-electron chi connectivity index (χ0n) is 20.3. The maximum absolute atomic E-state index is 6.32. The first-order chi connectivity index (χ1) is 14.0. The summed E-state index contributed by atoms with van der Waals surface area (Å²) in [5.41, 5.74) is 10.3. The normalized spacial score (nSPS) is 11.9. The van der Waals surface area contributed by atoms with E-state index >= 15 is 0 Å².